The first-order valence-electron chi connectivity index (χ1n) is 10.1. The zero-order chi connectivity index (χ0) is 22.2. The van der Waals surface area contributed by atoms with Crippen LogP contribution in [0.1, 0.15) is 55.5 Å². The molecule has 0 fully saturated rings. The number of fused-ring (bicyclic) bond motifs is 1. The van der Waals surface area contributed by atoms with Crippen molar-refractivity contribution in [1.82, 2.24) is 19.5 Å². The van der Waals surface area contributed by atoms with Gasteiger partial charge in [-0.1, -0.05) is 18.2 Å². The second-order valence-electron chi connectivity index (χ2n) is 7.68. The molecule has 1 atom stereocenters. The fraction of sp³-hybridized carbons (Fsp3) is 0.364. The summed E-state index contributed by atoms with van der Waals surface area (Å²) in [6.07, 6.45) is 2.71. The lowest BCUT2D eigenvalue weighted by molar-refractivity contribution is -0.137. The van der Waals surface area contributed by atoms with Crippen LogP contribution in [0, 0.1) is 0 Å². The summed E-state index contributed by atoms with van der Waals surface area (Å²) in [7, 11) is 1.63. The van der Waals surface area contributed by atoms with Gasteiger partial charge in [0.1, 0.15) is 17.5 Å². The highest BCUT2D eigenvalue weighted by Crippen LogP contribution is 2.32. The molecule has 1 aromatic carbocycles. The third-order valence-electron chi connectivity index (χ3n) is 5.51. The lowest BCUT2D eigenvalue weighted by Crippen LogP contribution is -2.25. The molecule has 0 bridgehead atoms. The fourth-order valence-corrected chi connectivity index (χ4v) is 3.77. The molecule has 4 rings (SSSR count). The van der Waals surface area contributed by atoms with Gasteiger partial charge in [-0.2, -0.15) is 13.2 Å². The maximum atomic E-state index is 13.1. The molecule has 0 saturated heterocycles. The van der Waals surface area contributed by atoms with E-state index in [-0.39, 0.29) is 5.56 Å². The number of halogens is 3. The molecule has 1 aliphatic carbocycles. The van der Waals surface area contributed by atoms with E-state index in [0.717, 1.165) is 43.4 Å². The van der Waals surface area contributed by atoms with Gasteiger partial charge in [-0.15, -0.1) is 0 Å². The Hall–Kier alpha value is -3.23. The summed E-state index contributed by atoms with van der Waals surface area (Å²) >= 11 is 0. The van der Waals surface area contributed by atoms with Gasteiger partial charge in [0.2, 0.25) is 0 Å². The van der Waals surface area contributed by atoms with Crippen molar-refractivity contribution in [1.29, 1.82) is 0 Å². The molecule has 0 radical (unpaired) electrons. The number of rotatable bonds is 4. The van der Waals surface area contributed by atoms with Crippen LogP contribution < -0.4 is 10.9 Å². The maximum absolute atomic E-state index is 13.1. The molecule has 1 N–H and O–H groups in total. The Morgan fingerprint density at radius 3 is 2.71 bits per heavy atom. The van der Waals surface area contributed by atoms with E-state index in [1.807, 2.05) is 6.08 Å². The molecular weight excluding hydrogens is 407 g/mol. The zero-order valence-corrected chi connectivity index (χ0v) is 17.2. The fourth-order valence-electron chi connectivity index (χ4n) is 3.77. The number of hydrogen-bond acceptors (Lipinski definition) is 5. The van der Waals surface area contributed by atoms with E-state index in [1.54, 1.807) is 20.0 Å². The van der Waals surface area contributed by atoms with E-state index in [9.17, 15) is 18.0 Å². The quantitative estimate of drug-likeness (QED) is 0.640. The normalized spacial score (nSPS) is 15.6. The Balaban J connectivity index is 1.75. The molecule has 0 saturated carbocycles. The number of hydrogen-bond donors (Lipinski definition) is 1. The summed E-state index contributed by atoms with van der Waals surface area (Å²) in [6.45, 7) is 1.75. The second-order valence-corrected chi connectivity index (χ2v) is 7.68. The van der Waals surface area contributed by atoms with Crippen LogP contribution in [0.3, 0.4) is 0 Å². The van der Waals surface area contributed by atoms with E-state index in [2.05, 4.69) is 20.3 Å². The minimum Gasteiger partial charge on any atom is -0.362 e. The predicted octanol–water partition coefficient (Wildman–Crippen LogP) is 4.87. The van der Waals surface area contributed by atoms with Gasteiger partial charge in [0.25, 0.3) is 5.56 Å². The van der Waals surface area contributed by atoms with Crippen LogP contribution >= 0.6 is 0 Å². The van der Waals surface area contributed by atoms with Gasteiger partial charge in [0.15, 0.2) is 11.5 Å². The van der Waals surface area contributed by atoms with E-state index in [4.69, 9.17) is 0 Å². The molecule has 2 aromatic heterocycles. The molecule has 9 heteroatoms. The van der Waals surface area contributed by atoms with Crippen LogP contribution in [0.4, 0.5) is 19.0 Å². The molecular formula is C22H22F3N5O. The minimum atomic E-state index is -4.42. The summed E-state index contributed by atoms with van der Waals surface area (Å²) in [5, 5.41) is 3.14. The lowest BCUT2D eigenvalue weighted by Gasteiger charge is -2.18. The Morgan fingerprint density at radius 2 is 2.00 bits per heavy atom. The van der Waals surface area contributed by atoms with E-state index < -0.39 is 17.8 Å². The van der Waals surface area contributed by atoms with Gasteiger partial charge in [-0.05, 0) is 55.9 Å². The van der Waals surface area contributed by atoms with Crippen molar-refractivity contribution in [2.75, 3.05) is 5.32 Å². The highest BCUT2D eigenvalue weighted by Gasteiger charge is 2.30. The average molecular weight is 429 g/mol. The second kappa shape index (κ2) is 8.13. The first-order valence-corrected chi connectivity index (χ1v) is 10.1. The summed E-state index contributed by atoms with van der Waals surface area (Å²) < 4.78 is 40.7. The molecule has 1 aliphatic rings. The SMILES string of the molecule is C[C@@H](Nc1ncnc2c1nc(C1=CCCCC1)c(=O)n2C)c1cccc(C(F)(F)F)c1. The Kier molecular flexibility index (Phi) is 5.51. The van der Waals surface area contributed by atoms with Crippen molar-refractivity contribution in [3.8, 4) is 0 Å². The monoisotopic (exact) mass is 429 g/mol. The van der Waals surface area contributed by atoms with Crippen molar-refractivity contribution < 1.29 is 13.2 Å². The molecule has 2 heterocycles. The third kappa shape index (κ3) is 4.17. The number of alkyl halides is 3. The number of aryl methyl sites for hydroxylation is 1. The van der Waals surface area contributed by atoms with Gasteiger partial charge < -0.3 is 5.32 Å². The Labute approximate surface area is 176 Å². The summed E-state index contributed by atoms with van der Waals surface area (Å²) in [5.74, 6) is 0.364. The topological polar surface area (TPSA) is 72.7 Å². The summed E-state index contributed by atoms with van der Waals surface area (Å²) in [6, 6.07) is 4.68. The number of allylic oxidation sites excluding steroid dienone is 2. The van der Waals surface area contributed by atoms with Gasteiger partial charge in [-0.3, -0.25) is 9.36 Å². The van der Waals surface area contributed by atoms with Crippen LogP contribution in [-0.4, -0.2) is 19.5 Å². The Morgan fingerprint density at radius 1 is 1.19 bits per heavy atom. The highest BCUT2D eigenvalue weighted by molar-refractivity contribution is 5.84. The van der Waals surface area contributed by atoms with Crippen LogP contribution in [0.2, 0.25) is 0 Å². The summed E-state index contributed by atoms with van der Waals surface area (Å²) in [5.41, 5.74) is 1.58. The molecule has 6 nitrogen and oxygen atoms in total. The van der Waals surface area contributed by atoms with Crippen molar-refractivity contribution >= 4 is 22.6 Å². The minimum absolute atomic E-state index is 0.226. The number of nitrogens with zero attached hydrogens (tertiary/aromatic N) is 4. The van der Waals surface area contributed by atoms with Gasteiger partial charge >= 0.3 is 6.18 Å². The highest BCUT2D eigenvalue weighted by atomic mass is 19.4. The van der Waals surface area contributed by atoms with Crippen LogP contribution in [0.15, 0.2) is 41.5 Å². The van der Waals surface area contributed by atoms with E-state index in [0.29, 0.717) is 28.2 Å². The smallest absolute Gasteiger partial charge is 0.362 e. The molecule has 31 heavy (non-hydrogen) atoms. The lowest BCUT2D eigenvalue weighted by atomic mass is 9.97. The number of aromatic nitrogens is 4. The van der Waals surface area contributed by atoms with Gasteiger partial charge in [0, 0.05) is 7.05 Å². The number of benzene rings is 1. The maximum Gasteiger partial charge on any atom is 0.416 e. The Bertz CT molecular complexity index is 1220. The van der Waals surface area contributed by atoms with E-state index >= 15 is 0 Å². The van der Waals surface area contributed by atoms with Gasteiger partial charge in [0.05, 0.1) is 11.6 Å². The summed E-state index contributed by atoms with van der Waals surface area (Å²) in [4.78, 5) is 25.9. The van der Waals surface area contributed by atoms with Crippen molar-refractivity contribution in [3.63, 3.8) is 0 Å². The standard InChI is InChI=1S/C22H22F3N5O/c1-13(15-9-6-10-16(11-15)22(23,24)25)28-19-18-20(27-12-26-19)30(2)21(31)17(29-18)14-7-4-3-5-8-14/h6-7,9-13H,3-5,8H2,1-2H3,(H,26,27,28)/t13-/m1/s1. The first kappa shape index (κ1) is 21.0. The number of nitrogens with one attached hydrogen (secondary N) is 1. The average Bonchev–Trinajstić information content (AvgIpc) is 2.76. The van der Waals surface area contributed by atoms with Gasteiger partial charge in [-0.25, -0.2) is 15.0 Å². The van der Waals surface area contributed by atoms with Crippen LogP contribution in [0.5, 0.6) is 0 Å². The molecule has 3 aromatic rings. The molecule has 0 unspecified atom stereocenters. The van der Waals surface area contributed by atoms with E-state index in [1.165, 1.54) is 17.0 Å². The zero-order valence-electron chi connectivity index (χ0n) is 17.2. The van der Waals surface area contributed by atoms with Crippen molar-refractivity contribution in [3.05, 3.63) is 63.8 Å². The van der Waals surface area contributed by atoms with Crippen molar-refractivity contribution in [2.24, 2.45) is 7.05 Å². The van der Waals surface area contributed by atoms with Crippen molar-refractivity contribution in [2.45, 2.75) is 44.8 Å². The third-order valence-corrected chi connectivity index (χ3v) is 5.51. The van der Waals surface area contributed by atoms with Crippen LogP contribution in [-0.2, 0) is 13.2 Å². The molecule has 162 valence electrons. The molecule has 0 spiro atoms. The number of anilines is 1. The largest absolute Gasteiger partial charge is 0.416 e. The first-order chi connectivity index (χ1) is 14.8. The predicted molar refractivity (Wildman–Crippen MR) is 113 cm³/mol. The molecule has 0 amide bonds. The molecule has 0 aliphatic heterocycles. The van der Waals surface area contributed by atoms with Crippen LogP contribution in [0.25, 0.3) is 16.7 Å².